The zero-order valence-corrected chi connectivity index (χ0v) is 15.2. The molecule has 25 heavy (non-hydrogen) atoms. The van der Waals surface area contributed by atoms with E-state index in [0.717, 1.165) is 22.6 Å². The van der Waals surface area contributed by atoms with Crippen LogP contribution in [0.4, 0.5) is 11.5 Å². The molecule has 0 unspecified atom stereocenters. The molecule has 1 fully saturated rings. The Bertz CT molecular complexity index is 734. The fourth-order valence-corrected chi connectivity index (χ4v) is 3.32. The molecule has 0 aliphatic heterocycles. The van der Waals surface area contributed by atoms with Crippen LogP contribution in [0.1, 0.15) is 67.1 Å². The van der Waals surface area contributed by atoms with E-state index in [0.29, 0.717) is 17.7 Å². The number of hydrogen-bond donors (Lipinski definition) is 2. The quantitative estimate of drug-likeness (QED) is 0.841. The first kappa shape index (κ1) is 17.4. The molecular weight excluding hydrogens is 312 g/mol. The number of nitrogens with zero attached hydrogens (tertiary/aromatic N) is 2. The van der Waals surface area contributed by atoms with Crippen LogP contribution in [0.3, 0.4) is 0 Å². The molecule has 0 radical (unpaired) electrons. The highest BCUT2D eigenvalue weighted by Gasteiger charge is 2.17. The van der Waals surface area contributed by atoms with Gasteiger partial charge in [-0.3, -0.25) is 4.79 Å². The Labute approximate surface area is 149 Å². The minimum absolute atomic E-state index is 0.226. The van der Waals surface area contributed by atoms with Crippen LogP contribution in [0.2, 0.25) is 0 Å². The van der Waals surface area contributed by atoms with E-state index in [2.05, 4.69) is 34.4 Å². The third-order valence-corrected chi connectivity index (χ3v) is 4.76. The van der Waals surface area contributed by atoms with E-state index in [4.69, 9.17) is 0 Å². The lowest BCUT2D eigenvalue weighted by atomic mass is 9.98. The van der Waals surface area contributed by atoms with E-state index in [1.54, 1.807) is 12.4 Å². The van der Waals surface area contributed by atoms with Gasteiger partial charge in [-0.1, -0.05) is 44.9 Å². The highest BCUT2D eigenvalue weighted by molar-refractivity contribution is 6.03. The number of rotatable bonds is 5. The van der Waals surface area contributed by atoms with Crippen molar-refractivity contribution in [3.63, 3.8) is 0 Å². The average molecular weight is 338 g/mol. The second kappa shape index (κ2) is 7.64. The van der Waals surface area contributed by atoms with Gasteiger partial charge in [0.15, 0.2) is 0 Å². The number of benzene rings is 1. The van der Waals surface area contributed by atoms with Crippen molar-refractivity contribution in [2.45, 2.75) is 58.4 Å². The van der Waals surface area contributed by atoms with Gasteiger partial charge in [-0.25, -0.2) is 9.97 Å². The lowest BCUT2D eigenvalue weighted by molar-refractivity contribution is 0.102. The number of carbonyl (C=O) groups is 1. The van der Waals surface area contributed by atoms with E-state index >= 15 is 0 Å². The summed E-state index contributed by atoms with van der Waals surface area (Å²) < 4.78 is 0. The lowest BCUT2D eigenvalue weighted by Gasteiger charge is -2.16. The molecule has 3 rings (SSSR count). The summed E-state index contributed by atoms with van der Waals surface area (Å²) in [5, 5.41) is 6.39. The third-order valence-electron chi connectivity index (χ3n) is 4.76. The normalized spacial score (nSPS) is 14.7. The molecule has 0 saturated heterocycles. The largest absolute Gasteiger partial charge is 0.366 e. The summed E-state index contributed by atoms with van der Waals surface area (Å²) in [5.74, 6) is 0.845. The van der Waals surface area contributed by atoms with Crippen LogP contribution in [0.25, 0.3) is 0 Å². The van der Waals surface area contributed by atoms with Gasteiger partial charge >= 0.3 is 0 Å². The standard InChI is InChI=1S/C20H26N4O/c1-13(2)16-10-6-7-14(3)19(16)24-20(25)17-11-22-18(12-21-17)23-15-8-4-5-9-15/h6-7,10-13,15H,4-5,8-9H2,1-3H3,(H,22,23)(H,24,25). The molecule has 1 aliphatic rings. The Kier molecular flexibility index (Phi) is 5.31. The van der Waals surface area contributed by atoms with Gasteiger partial charge in [0, 0.05) is 11.7 Å². The minimum atomic E-state index is -0.226. The van der Waals surface area contributed by atoms with Gasteiger partial charge in [0.05, 0.1) is 12.4 Å². The molecule has 1 saturated carbocycles. The van der Waals surface area contributed by atoms with Crippen LogP contribution in [-0.2, 0) is 0 Å². The molecule has 2 aromatic rings. The van der Waals surface area contributed by atoms with Crippen LogP contribution >= 0.6 is 0 Å². The van der Waals surface area contributed by atoms with Crippen molar-refractivity contribution < 1.29 is 4.79 Å². The number of carbonyl (C=O) groups excluding carboxylic acids is 1. The Morgan fingerprint density at radius 2 is 1.92 bits per heavy atom. The summed E-state index contributed by atoms with van der Waals surface area (Å²) in [6.07, 6.45) is 8.07. The molecule has 1 aromatic heterocycles. The van der Waals surface area contributed by atoms with E-state index in [-0.39, 0.29) is 5.91 Å². The van der Waals surface area contributed by atoms with Gasteiger partial charge in [0.25, 0.3) is 5.91 Å². The van der Waals surface area contributed by atoms with Crippen LogP contribution < -0.4 is 10.6 Å². The van der Waals surface area contributed by atoms with E-state index in [1.807, 2.05) is 25.1 Å². The molecule has 5 heteroatoms. The van der Waals surface area contributed by atoms with Crippen LogP contribution in [0.5, 0.6) is 0 Å². The van der Waals surface area contributed by atoms with Crippen molar-refractivity contribution in [2.24, 2.45) is 0 Å². The second-order valence-corrected chi connectivity index (χ2v) is 7.06. The van der Waals surface area contributed by atoms with Crippen LogP contribution in [0, 0.1) is 6.92 Å². The van der Waals surface area contributed by atoms with Gasteiger partial charge in [-0.2, -0.15) is 0 Å². The number of para-hydroxylation sites is 1. The van der Waals surface area contributed by atoms with Gasteiger partial charge in [-0.15, -0.1) is 0 Å². The number of aromatic nitrogens is 2. The predicted octanol–water partition coefficient (Wildman–Crippen LogP) is 4.52. The molecule has 0 spiro atoms. The van der Waals surface area contributed by atoms with Gasteiger partial charge in [0.2, 0.25) is 0 Å². The van der Waals surface area contributed by atoms with Crippen molar-refractivity contribution in [3.05, 3.63) is 47.4 Å². The molecule has 5 nitrogen and oxygen atoms in total. The molecule has 1 heterocycles. The molecule has 0 atom stereocenters. The predicted molar refractivity (Wildman–Crippen MR) is 101 cm³/mol. The van der Waals surface area contributed by atoms with Crippen molar-refractivity contribution in [2.75, 3.05) is 10.6 Å². The van der Waals surface area contributed by atoms with Crippen molar-refractivity contribution in [1.82, 2.24) is 9.97 Å². The number of nitrogens with one attached hydrogen (secondary N) is 2. The van der Waals surface area contributed by atoms with E-state index in [1.165, 1.54) is 25.7 Å². The maximum absolute atomic E-state index is 12.6. The maximum atomic E-state index is 12.6. The Morgan fingerprint density at radius 3 is 2.56 bits per heavy atom. The topological polar surface area (TPSA) is 66.9 Å². The summed E-state index contributed by atoms with van der Waals surface area (Å²) >= 11 is 0. The number of aryl methyl sites for hydroxylation is 1. The summed E-state index contributed by atoms with van der Waals surface area (Å²) in [7, 11) is 0. The van der Waals surface area contributed by atoms with Crippen LogP contribution in [0.15, 0.2) is 30.6 Å². The Hall–Kier alpha value is -2.43. The molecule has 2 N–H and O–H groups in total. The molecule has 0 bridgehead atoms. The van der Waals surface area contributed by atoms with Gasteiger partial charge < -0.3 is 10.6 Å². The molecule has 1 aliphatic carbocycles. The monoisotopic (exact) mass is 338 g/mol. The van der Waals surface area contributed by atoms with Gasteiger partial charge in [-0.05, 0) is 36.8 Å². The third kappa shape index (κ3) is 4.16. The number of hydrogen-bond acceptors (Lipinski definition) is 4. The molecular formula is C20H26N4O. The molecule has 1 aromatic carbocycles. The Morgan fingerprint density at radius 1 is 1.16 bits per heavy atom. The van der Waals surface area contributed by atoms with Crippen molar-refractivity contribution in [3.8, 4) is 0 Å². The molecule has 132 valence electrons. The SMILES string of the molecule is Cc1cccc(C(C)C)c1NC(=O)c1cnc(NC2CCCC2)cn1. The fraction of sp³-hybridized carbons (Fsp3) is 0.450. The summed E-state index contributed by atoms with van der Waals surface area (Å²) in [4.78, 5) is 21.2. The Balaban J connectivity index is 1.71. The number of amides is 1. The summed E-state index contributed by atoms with van der Waals surface area (Å²) in [6.45, 7) is 6.24. The number of anilines is 2. The zero-order chi connectivity index (χ0) is 17.8. The lowest BCUT2D eigenvalue weighted by Crippen LogP contribution is -2.18. The average Bonchev–Trinajstić information content (AvgIpc) is 3.10. The highest BCUT2D eigenvalue weighted by atomic mass is 16.1. The maximum Gasteiger partial charge on any atom is 0.275 e. The first-order valence-electron chi connectivity index (χ1n) is 9.04. The second-order valence-electron chi connectivity index (χ2n) is 7.06. The van der Waals surface area contributed by atoms with Gasteiger partial charge in [0.1, 0.15) is 11.5 Å². The highest BCUT2D eigenvalue weighted by Crippen LogP contribution is 2.27. The molecule has 1 amide bonds. The van der Waals surface area contributed by atoms with Crippen molar-refractivity contribution in [1.29, 1.82) is 0 Å². The van der Waals surface area contributed by atoms with Crippen molar-refractivity contribution >= 4 is 17.4 Å². The summed E-state index contributed by atoms with van der Waals surface area (Å²) in [5.41, 5.74) is 3.38. The smallest absolute Gasteiger partial charge is 0.275 e. The van der Waals surface area contributed by atoms with E-state index < -0.39 is 0 Å². The van der Waals surface area contributed by atoms with Crippen LogP contribution in [-0.4, -0.2) is 21.9 Å². The minimum Gasteiger partial charge on any atom is -0.366 e. The van der Waals surface area contributed by atoms with E-state index in [9.17, 15) is 4.79 Å². The zero-order valence-electron chi connectivity index (χ0n) is 15.2. The first-order chi connectivity index (χ1) is 12.0. The summed E-state index contributed by atoms with van der Waals surface area (Å²) in [6, 6.07) is 6.55. The first-order valence-corrected chi connectivity index (χ1v) is 9.04. The fourth-order valence-electron chi connectivity index (χ4n) is 3.32.